The number of aryl methyl sites for hydroxylation is 1. The number of ether oxygens (including phenoxy) is 1. The first kappa shape index (κ1) is 10.2. The smallest absolute Gasteiger partial charge is 0.122 e. The number of nitrogens with two attached hydrogens (primary N) is 1. The van der Waals surface area contributed by atoms with Gasteiger partial charge < -0.3 is 9.30 Å². The zero-order valence-corrected chi connectivity index (χ0v) is 8.81. The van der Waals surface area contributed by atoms with Crippen molar-refractivity contribution in [3.63, 3.8) is 0 Å². The lowest BCUT2D eigenvalue weighted by molar-refractivity contribution is 0.167. The molecule has 5 heteroatoms. The predicted octanol–water partition coefficient (Wildman–Crippen LogP) is 0.619. The van der Waals surface area contributed by atoms with Crippen molar-refractivity contribution in [2.24, 2.45) is 12.9 Å². The van der Waals surface area contributed by atoms with E-state index in [9.17, 15) is 0 Å². The number of nitrogens with zero attached hydrogens (tertiary/aromatic N) is 2. The number of aromatic nitrogens is 2. The molecule has 0 spiro atoms. The van der Waals surface area contributed by atoms with Crippen molar-refractivity contribution in [3.8, 4) is 0 Å². The second-order valence-electron chi connectivity index (χ2n) is 3.66. The van der Waals surface area contributed by atoms with Gasteiger partial charge >= 0.3 is 0 Å². The van der Waals surface area contributed by atoms with Crippen LogP contribution in [0.1, 0.15) is 24.6 Å². The Kier molecular flexibility index (Phi) is 3.03. The fourth-order valence-electron chi connectivity index (χ4n) is 1.67. The highest BCUT2D eigenvalue weighted by molar-refractivity contribution is 5.17. The molecule has 0 aliphatic carbocycles. The van der Waals surface area contributed by atoms with Crippen LogP contribution in [0.3, 0.4) is 0 Å². The van der Waals surface area contributed by atoms with Crippen molar-refractivity contribution >= 4 is 0 Å². The first-order valence-corrected chi connectivity index (χ1v) is 5.08. The van der Waals surface area contributed by atoms with Gasteiger partial charge in [-0.05, 0) is 18.9 Å². The van der Waals surface area contributed by atoms with Crippen molar-refractivity contribution in [2.45, 2.75) is 18.9 Å². The van der Waals surface area contributed by atoms with Gasteiger partial charge in [-0.15, -0.1) is 0 Å². The average molecular weight is 208 g/mol. The lowest BCUT2D eigenvalue weighted by Crippen LogP contribution is -2.31. The number of hydrazine groups is 1. The number of hydrogen-bond donors (Lipinski definition) is 2. The van der Waals surface area contributed by atoms with Crippen molar-refractivity contribution in [1.82, 2.24) is 15.0 Å². The number of nitrogens with one attached hydrogen (secondary N) is 1. The number of allylic oxidation sites excluding steroid dienone is 1. The lowest BCUT2D eigenvalue weighted by atomic mass is 10.1. The maximum atomic E-state index is 5.56. The Morgan fingerprint density at radius 3 is 3.07 bits per heavy atom. The quantitative estimate of drug-likeness (QED) is 0.564. The molecule has 1 aromatic heterocycles. The van der Waals surface area contributed by atoms with Crippen molar-refractivity contribution in [1.29, 1.82) is 0 Å². The van der Waals surface area contributed by atoms with Crippen LogP contribution in [-0.2, 0) is 11.8 Å². The number of imidazole rings is 1. The maximum absolute atomic E-state index is 5.56. The number of hydrogen-bond acceptors (Lipinski definition) is 4. The lowest BCUT2D eigenvalue weighted by Gasteiger charge is -2.21. The molecule has 2 heterocycles. The fourth-order valence-corrected chi connectivity index (χ4v) is 1.67. The maximum Gasteiger partial charge on any atom is 0.122 e. The summed E-state index contributed by atoms with van der Waals surface area (Å²) in [5, 5.41) is 0. The Morgan fingerprint density at radius 2 is 2.53 bits per heavy atom. The van der Waals surface area contributed by atoms with E-state index in [-0.39, 0.29) is 6.04 Å². The SMILES string of the molecule is Cn1cnc(C(NN)C2=CCCCO2)c1. The molecule has 5 nitrogen and oxygen atoms in total. The first-order valence-electron chi connectivity index (χ1n) is 5.08. The zero-order valence-electron chi connectivity index (χ0n) is 8.81. The summed E-state index contributed by atoms with van der Waals surface area (Å²) in [7, 11) is 1.93. The minimum atomic E-state index is -0.133. The molecule has 1 aromatic rings. The van der Waals surface area contributed by atoms with Crippen LogP contribution >= 0.6 is 0 Å². The highest BCUT2D eigenvalue weighted by Crippen LogP contribution is 2.23. The molecule has 0 bridgehead atoms. The van der Waals surface area contributed by atoms with E-state index in [0.29, 0.717) is 0 Å². The highest BCUT2D eigenvalue weighted by Gasteiger charge is 2.20. The average Bonchev–Trinajstić information content (AvgIpc) is 2.68. The van der Waals surface area contributed by atoms with E-state index < -0.39 is 0 Å². The third kappa shape index (κ3) is 2.19. The molecule has 1 unspecified atom stereocenters. The van der Waals surface area contributed by atoms with Gasteiger partial charge in [0.25, 0.3) is 0 Å². The summed E-state index contributed by atoms with van der Waals surface area (Å²) in [5.74, 6) is 6.40. The van der Waals surface area contributed by atoms with E-state index in [2.05, 4.69) is 16.5 Å². The molecule has 1 aliphatic heterocycles. The van der Waals surface area contributed by atoms with Gasteiger partial charge in [-0.25, -0.2) is 10.4 Å². The summed E-state index contributed by atoms with van der Waals surface area (Å²) < 4.78 is 7.46. The van der Waals surface area contributed by atoms with Gasteiger partial charge in [-0.1, -0.05) is 0 Å². The minimum absolute atomic E-state index is 0.133. The summed E-state index contributed by atoms with van der Waals surface area (Å²) in [5.41, 5.74) is 3.61. The van der Waals surface area contributed by atoms with Crippen LogP contribution in [0, 0.1) is 0 Å². The zero-order chi connectivity index (χ0) is 10.7. The molecule has 1 aliphatic rings. The van der Waals surface area contributed by atoms with Gasteiger partial charge in [0.2, 0.25) is 0 Å². The third-order valence-electron chi connectivity index (χ3n) is 2.43. The molecule has 2 rings (SSSR count). The monoisotopic (exact) mass is 208 g/mol. The fraction of sp³-hybridized carbons (Fsp3) is 0.500. The summed E-state index contributed by atoms with van der Waals surface area (Å²) in [6.45, 7) is 0.761. The topological polar surface area (TPSA) is 65.1 Å². The molecule has 1 atom stereocenters. The van der Waals surface area contributed by atoms with Crippen LogP contribution < -0.4 is 11.3 Å². The standard InChI is InChI=1S/C10H16N4O/c1-14-6-8(12-7-14)10(13-11)9-4-2-3-5-15-9/h4,6-7,10,13H,2-3,5,11H2,1H3. The summed E-state index contributed by atoms with van der Waals surface area (Å²) >= 11 is 0. The Balaban J connectivity index is 2.19. The molecule has 82 valence electrons. The van der Waals surface area contributed by atoms with Crippen LogP contribution in [0.15, 0.2) is 24.4 Å². The van der Waals surface area contributed by atoms with E-state index in [0.717, 1.165) is 30.9 Å². The van der Waals surface area contributed by atoms with Crippen LogP contribution in [0.4, 0.5) is 0 Å². The van der Waals surface area contributed by atoms with Crippen LogP contribution in [0.2, 0.25) is 0 Å². The Hall–Kier alpha value is -1.33. The molecule has 15 heavy (non-hydrogen) atoms. The molecule has 0 radical (unpaired) electrons. The molecule has 3 N–H and O–H groups in total. The third-order valence-corrected chi connectivity index (χ3v) is 2.43. The first-order chi connectivity index (χ1) is 7.31. The summed E-state index contributed by atoms with van der Waals surface area (Å²) in [6, 6.07) is -0.133. The van der Waals surface area contributed by atoms with Gasteiger partial charge in [0.1, 0.15) is 11.8 Å². The predicted molar refractivity (Wildman–Crippen MR) is 56.5 cm³/mol. The molecule has 0 aromatic carbocycles. The second kappa shape index (κ2) is 4.46. The van der Waals surface area contributed by atoms with E-state index in [1.54, 1.807) is 6.33 Å². The van der Waals surface area contributed by atoms with Crippen molar-refractivity contribution in [3.05, 3.63) is 30.1 Å². The van der Waals surface area contributed by atoms with E-state index in [4.69, 9.17) is 10.6 Å². The number of rotatable bonds is 3. The Bertz CT molecular complexity index is 358. The van der Waals surface area contributed by atoms with Gasteiger partial charge in [0.05, 0.1) is 18.6 Å². The van der Waals surface area contributed by atoms with Gasteiger partial charge in [0.15, 0.2) is 0 Å². The van der Waals surface area contributed by atoms with E-state index >= 15 is 0 Å². The van der Waals surface area contributed by atoms with Crippen LogP contribution in [0.5, 0.6) is 0 Å². The Labute approximate surface area is 88.9 Å². The van der Waals surface area contributed by atoms with Gasteiger partial charge in [-0.3, -0.25) is 5.84 Å². The van der Waals surface area contributed by atoms with Gasteiger partial charge in [-0.2, -0.15) is 0 Å². The normalized spacial score (nSPS) is 18.1. The van der Waals surface area contributed by atoms with Crippen LogP contribution in [-0.4, -0.2) is 16.2 Å². The highest BCUT2D eigenvalue weighted by atomic mass is 16.5. The molecule has 0 saturated carbocycles. The van der Waals surface area contributed by atoms with Crippen molar-refractivity contribution < 1.29 is 4.74 Å². The van der Waals surface area contributed by atoms with Crippen molar-refractivity contribution in [2.75, 3.05) is 6.61 Å². The van der Waals surface area contributed by atoms with Gasteiger partial charge in [0, 0.05) is 13.2 Å². The largest absolute Gasteiger partial charge is 0.496 e. The van der Waals surface area contributed by atoms with E-state index in [1.165, 1.54) is 0 Å². The minimum Gasteiger partial charge on any atom is -0.496 e. The second-order valence-corrected chi connectivity index (χ2v) is 3.66. The molecular formula is C10H16N4O. The molecule has 0 amide bonds. The molecule has 0 saturated heterocycles. The molecular weight excluding hydrogens is 192 g/mol. The summed E-state index contributed by atoms with van der Waals surface area (Å²) in [6.07, 6.45) is 7.87. The summed E-state index contributed by atoms with van der Waals surface area (Å²) in [4.78, 5) is 4.26. The van der Waals surface area contributed by atoms with Crippen LogP contribution in [0.25, 0.3) is 0 Å². The Morgan fingerprint density at radius 1 is 1.67 bits per heavy atom. The molecule has 0 fully saturated rings. The van der Waals surface area contributed by atoms with E-state index in [1.807, 2.05) is 17.8 Å².